The first-order valence-corrected chi connectivity index (χ1v) is 9.57. The Hall–Kier alpha value is -3.23. The maximum atomic E-state index is 13.0. The van der Waals surface area contributed by atoms with E-state index in [1.54, 1.807) is 12.1 Å². The number of urea groups is 1. The van der Waals surface area contributed by atoms with Crippen LogP contribution in [0.15, 0.2) is 42.5 Å². The van der Waals surface area contributed by atoms with Crippen LogP contribution in [0.1, 0.15) is 17.5 Å². The fourth-order valence-corrected chi connectivity index (χ4v) is 3.54. The Balaban J connectivity index is 1.27. The fraction of sp³-hybridized carbons (Fsp3) is 0.333. The summed E-state index contributed by atoms with van der Waals surface area (Å²) in [6.07, 6.45) is -3.43. The van der Waals surface area contributed by atoms with E-state index < -0.39 is 17.8 Å². The molecule has 1 saturated heterocycles. The third-order valence-corrected chi connectivity index (χ3v) is 5.18. The monoisotopic (exact) mass is 419 g/mol. The number of nitrogens with one attached hydrogen (secondary N) is 2. The van der Waals surface area contributed by atoms with Gasteiger partial charge in [0.15, 0.2) is 0 Å². The van der Waals surface area contributed by atoms with E-state index in [1.165, 1.54) is 23.1 Å². The van der Waals surface area contributed by atoms with Crippen LogP contribution in [0.4, 0.5) is 29.3 Å². The Morgan fingerprint density at radius 3 is 2.70 bits per heavy atom. The number of nitrogens with zero attached hydrogens (tertiary/aromatic N) is 1. The summed E-state index contributed by atoms with van der Waals surface area (Å²) in [7, 11) is 0. The van der Waals surface area contributed by atoms with Crippen molar-refractivity contribution in [2.45, 2.75) is 19.0 Å². The lowest BCUT2D eigenvalue weighted by molar-refractivity contribution is -0.136. The number of rotatable bonds is 4. The van der Waals surface area contributed by atoms with Crippen molar-refractivity contribution in [3.8, 4) is 5.75 Å². The topological polar surface area (TPSA) is 70.7 Å². The van der Waals surface area contributed by atoms with Crippen molar-refractivity contribution in [1.82, 2.24) is 4.90 Å². The van der Waals surface area contributed by atoms with Gasteiger partial charge in [0, 0.05) is 31.1 Å². The number of carbonyl (C=O) groups is 2. The quantitative estimate of drug-likeness (QED) is 0.783. The Morgan fingerprint density at radius 1 is 1.17 bits per heavy atom. The van der Waals surface area contributed by atoms with E-state index in [0.29, 0.717) is 38.3 Å². The SMILES string of the molecule is O=C1CCc2cc(OCC3CN(C(=O)Nc4ccccc4C(F)(F)F)C3)ccc2N1. The molecular weight excluding hydrogens is 399 g/mol. The lowest BCUT2D eigenvalue weighted by Gasteiger charge is -2.39. The lowest BCUT2D eigenvalue weighted by atomic mass is 10.0. The lowest BCUT2D eigenvalue weighted by Crippen LogP contribution is -2.53. The number of carbonyl (C=O) groups excluding carboxylic acids is 2. The van der Waals surface area contributed by atoms with Gasteiger partial charge in [-0.25, -0.2) is 4.79 Å². The Morgan fingerprint density at radius 2 is 1.93 bits per heavy atom. The summed E-state index contributed by atoms with van der Waals surface area (Å²) in [5, 5.41) is 5.15. The molecule has 30 heavy (non-hydrogen) atoms. The van der Waals surface area contributed by atoms with Gasteiger partial charge in [-0.1, -0.05) is 12.1 Å². The number of ether oxygens (including phenoxy) is 1. The highest BCUT2D eigenvalue weighted by molar-refractivity contribution is 5.94. The van der Waals surface area contributed by atoms with Crippen LogP contribution in [0.2, 0.25) is 0 Å². The second-order valence-electron chi connectivity index (χ2n) is 7.42. The van der Waals surface area contributed by atoms with Gasteiger partial charge in [0.25, 0.3) is 0 Å². The van der Waals surface area contributed by atoms with Crippen LogP contribution in [0.5, 0.6) is 5.75 Å². The molecule has 2 aromatic rings. The number of likely N-dealkylation sites (tertiary alicyclic amines) is 1. The molecule has 4 rings (SSSR count). The molecule has 2 aliphatic heterocycles. The van der Waals surface area contributed by atoms with Crippen molar-refractivity contribution in [3.63, 3.8) is 0 Å². The van der Waals surface area contributed by atoms with E-state index in [9.17, 15) is 22.8 Å². The van der Waals surface area contributed by atoms with Crippen molar-refractivity contribution in [2.24, 2.45) is 5.92 Å². The third kappa shape index (κ3) is 4.34. The number of alkyl halides is 3. The Labute approximate surface area is 171 Å². The summed E-state index contributed by atoms with van der Waals surface area (Å²) in [5.74, 6) is 0.790. The van der Waals surface area contributed by atoms with Gasteiger partial charge in [-0.2, -0.15) is 13.2 Å². The number of fused-ring (bicyclic) bond motifs is 1. The second kappa shape index (κ2) is 7.89. The predicted octanol–water partition coefficient (Wildman–Crippen LogP) is 4.13. The van der Waals surface area contributed by atoms with E-state index in [1.807, 2.05) is 6.07 Å². The van der Waals surface area contributed by atoms with Gasteiger partial charge >= 0.3 is 12.2 Å². The van der Waals surface area contributed by atoms with Crippen LogP contribution < -0.4 is 15.4 Å². The third-order valence-electron chi connectivity index (χ3n) is 5.18. The van der Waals surface area contributed by atoms with Gasteiger partial charge in [0.2, 0.25) is 5.91 Å². The predicted molar refractivity (Wildman–Crippen MR) is 104 cm³/mol. The van der Waals surface area contributed by atoms with Crippen LogP contribution in [-0.2, 0) is 17.4 Å². The zero-order valence-electron chi connectivity index (χ0n) is 16.0. The van der Waals surface area contributed by atoms with Crippen molar-refractivity contribution in [1.29, 1.82) is 0 Å². The number of aryl methyl sites for hydroxylation is 1. The normalized spacial score (nSPS) is 16.4. The van der Waals surface area contributed by atoms with Crippen molar-refractivity contribution < 1.29 is 27.5 Å². The first kappa shape index (κ1) is 20.1. The van der Waals surface area contributed by atoms with Crippen LogP contribution in [0.25, 0.3) is 0 Å². The molecule has 3 amide bonds. The maximum absolute atomic E-state index is 13.0. The molecule has 0 atom stereocenters. The van der Waals surface area contributed by atoms with Crippen LogP contribution >= 0.6 is 0 Å². The molecule has 2 aromatic carbocycles. The van der Waals surface area contributed by atoms with Crippen LogP contribution in [-0.4, -0.2) is 36.5 Å². The average Bonchev–Trinajstić information content (AvgIpc) is 2.66. The Kier molecular flexibility index (Phi) is 5.27. The highest BCUT2D eigenvalue weighted by Gasteiger charge is 2.35. The molecule has 0 saturated carbocycles. The molecule has 0 aromatic heterocycles. The molecule has 2 N–H and O–H groups in total. The number of para-hydroxylation sites is 1. The van der Waals surface area contributed by atoms with E-state index in [0.717, 1.165) is 17.3 Å². The van der Waals surface area contributed by atoms with Gasteiger partial charge in [0.1, 0.15) is 5.75 Å². The number of benzene rings is 2. The zero-order valence-corrected chi connectivity index (χ0v) is 16.0. The molecule has 158 valence electrons. The van der Waals surface area contributed by atoms with Crippen molar-refractivity contribution in [2.75, 3.05) is 30.3 Å². The summed E-state index contributed by atoms with van der Waals surface area (Å²) >= 11 is 0. The smallest absolute Gasteiger partial charge is 0.418 e. The van der Waals surface area contributed by atoms with Gasteiger partial charge in [-0.15, -0.1) is 0 Å². The van der Waals surface area contributed by atoms with E-state index in [4.69, 9.17) is 4.74 Å². The first-order valence-electron chi connectivity index (χ1n) is 9.57. The summed E-state index contributed by atoms with van der Waals surface area (Å²) < 4.78 is 44.9. The minimum absolute atomic E-state index is 0.00172. The van der Waals surface area contributed by atoms with Gasteiger partial charge in [-0.3, -0.25) is 4.79 Å². The Bertz CT molecular complexity index is 971. The fourth-order valence-electron chi connectivity index (χ4n) is 3.54. The molecule has 1 fully saturated rings. The number of hydrogen-bond donors (Lipinski definition) is 2. The van der Waals surface area contributed by atoms with Crippen molar-refractivity contribution >= 4 is 23.3 Å². The highest BCUT2D eigenvalue weighted by atomic mass is 19.4. The minimum atomic E-state index is -4.53. The number of anilines is 2. The molecule has 0 spiro atoms. The molecule has 0 radical (unpaired) electrons. The molecule has 2 heterocycles. The summed E-state index contributed by atoms with van der Waals surface area (Å²) in [4.78, 5) is 25.1. The number of amides is 3. The van der Waals surface area contributed by atoms with Crippen LogP contribution in [0.3, 0.4) is 0 Å². The minimum Gasteiger partial charge on any atom is -0.493 e. The van der Waals surface area contributed by atoms with E-state index >= 15 is 0 Å². The summed E-state index contributed by atoms with van der Waals surface area (Å²) in [6, 6.07) is 9.82. The second-order valence-corrected chi connectivity index (χ2v) is 7.42. The van der Waals surface area contributed by atoms with Gasteiger partial charge < -0.3 is 20.3 Å². The van der Waals surface area contributed by atoms with Crippen LogP contribution in [0, 0.1) is 5.92 Å². The maximum Gasteiger partial charge on any atom is 0.418 e. The highest BCUT2D eigenvalue weighted by Crippen LogP contribution is 2.35. The summed E-state index contributed by atoms with van der Waals surface area (Å²) in [6.45, 7) is 1.20. The standard InChI is InChI=1S/C21H20F3N3O3/c22-21(23,24)16-3-1-2-4-18(16)26-20(29)27-10-13(11-27)12-30-15-6-7-17-14(9-15)5-8-19(28)25-17/h1-4,6-7,9,13H,5,8,10-12H2,(H,25,28)(H,26,29). The molecule has 9 heteroatoms. The zero-order chi connectivity index (χ0) is 21.3. The largest absolute Gasteiger partial charge is 0.493 e. The van der Waals surface area contributed by atoms with Gasteiger partial charge in [0.05, 0.1) is 17.9 Å². The van der Waals surface area contributed by atoms with Crippen molar-refractivity contribution in [3.05, 3.63) is 53.6 Å². The first-order chi connectivity index (χ1) is 14.3. The van der Waals surface area contributed by atoms with E-state index in [-0.39, 0.29) is 17.5 Å². The molecule has 0 unspecified atom stereocenters. The summed E-state index contributed by atoms with van der Waals surface area (Å²) in [5.41, 5.74) is 0.687. The molecule has 0 bridgehead atoms. The van der Waals surface area contributed by atoms with Gasteiger partial charge in [-0.05, 0) is 42.3 Å². The molecule has 6 nitrogen and oxygen atoms in total. The number of halogens is 3. The molecular formula is C21H20F3N3O3. The average molecular weight is 419 g/mol. The number of hydrogen-bond acceptors (Lipinski definition) is 3. The molecule has 2 aliphatic rings. The molecule has 0 aliphatic carbocycles. The van der Waals surface area contributed by atoms with E-state index in [2.05, 4.69) is 10.6 Å².